The molecule has 2 aromatic carbocycles. The number of ether oxygens (including phenoxy) is 1. The molecule has 0 radical (unpaired) electrons. The van der Waals surface area contributed by atoms with E-state index in [1.54, 1.807) is 0 Å². The maximum atomic E-state index is 12.5. The molecule has 2 rings (SSSR count). The fourth-order valence-corrected chi connectivity index (χ4v) is 4.17. The molecule has 0 bridgehead atoms. The zero-order chi connectivity index (χ0) is 16.9. The third-order valence-electron chi connectivity index (χ3n) is 3.50. The molecular weight excluding hydrogens is 310 g/mol. The monoisotopic (exact) mass is 333 g/mol. The molecule has 0 saturated carbocycles. The van der Waals surface area contributed by atoms with Gasteiger partial charge in [0.1, 0.15) is 5.75 Å². The summed E-state index contributed by atoms with van der Waals surface area (Å²) in [5, 5.41) is 0. The minimum absolute atomic E-state index is 0.349. The van der Waals surface area contributed by atoms with Crippen LogP contribution in [0.1, 0.15) is 23.1 Å². The van der Waals surface area contributed by atoms with Gasteiger partial charge < -0.3 is 4.74 Å². The van der Waals surface area contributed by atoms with Gasteiger partial charge in [-0.3, -0.25) is 0 Å². The minimum Gasteiger partial charge on any atom is -0.494 e. The first-order valence-corrected chi connectivity index (χ1v) is 9.14. The lowest BCUT2D eigenvalue weighted by atomic mass is 10.1. The highest BCUT2D eigenvalue weighted by Gasteiger charge is 2.19. The van der Waals surface area contributed by atoms with Gasteiger partial charge in [0.05, 0.1) is 11.5 Å². The maximum Gasteiger partial charge on any atom is 0.241 e. The Balaban J connectivity index is 1.90. The molecule has 0 atom stereocenters. The van der Waals surface area contributed by atoms with Crippen molar-refractivity contribution in [1.29, 1.82) is 0 Å². The van der Waals surface area contributed by atoms with Crippen molar-refractivity contribution in [2.75, 3.05) is 13.2 Å². The predicted molar refractivity (Wildman–Crippen MR) is 92.4 cm³/mol. The third-order valence-corrected chi connectivity index (χ3v) is 5.26. The van der Waals surface area contributed by atoms with Crippen molar-refractivity contribution in [3.8, 4) is 5.75 Å². The second-order valence-electron chi connectivity index (χ2n) is 5.64. The van der Waals surface area contributed by atoms with E-state index in [-0.39, 0.29) is 0 Å². The topological polar surface area (TPSA) is 55.4 Å². The summed E-state index contributed by atoms with van der Waals surface area (Å²) in [6, 6.07) is 13.3. The highest BCUT2D eigenvalue weighted by Crippen LogP contribution is 2.21. The maximum absolute atomic E-state index is 12.5. The molecule has 0 heterocycles. The molecule has 0 aromatic heterocycles. The standard InChI is InChI=1S/C18H23NO3S/c1-14-12-15(2)18(16(3)13-14)23(20,21)19-10-7-11-22-17-8-5-4-6-9-17/h4-6,8-9,12-13,19H,7,10-11H2,1-3H3. The van der Waals surface area contributed by atoms with Crippen LogP contribution in [0.25, 0.3) is 0 Å². The average molecular weight is 333 g/mol. The molecule has 5 heteroatoms. The van der Waals surface area contributed by atoms with Gasteiger partial charge in [-0.05, 0) is 50.5 Å². The van der Waals surface area contributed by atoms with Crippen LogP contribution in [0.2, 0.25) is 0 Å². The summed E-state index contributed by atoms with van der Waals surface area (Å²) in [6.07, 6.45) is 0.609. The largest absolute Gasteiger partial charge is 0.494 e. The third kappa shape index (κ3) is 4.81. The van der Waals surface area contributed by atoms with E-state index in [0.29, 0.717) is 24.5 Å². The Morgan fingerprint density at radius 3 is 2.22 bits per heavy atom. The number of benzene rings is 2. The average Bonchev–Trinajstić information content (AvgIpc) is 2.46. The van der Waals surface area contributed by atoms with Crippen molar-refractivity contribution in [3.63, 3.8) is 0 Å². The van der Waals surface area contributed by atoms with Gasteiger partial charge in [0, 0.05) is 6.54 Å². The van der Waals surface area contributed by atoms with Crippen molar-refractivity contribution in [3.05, 3.63) is 59.2 Å². The molecule has 4 nitrogen and oxygen atoms in total. The van der Waals surface area contributed by atoms with Crippen molar-refractivity contribution in [2.45, 2.75) is 32.1 Å². The lowest BCUT2D eigenvalue weighted by Gasteiger charge is -2.13. The summed E-state index contributed by atoms with van der Waals surface area (Å²) < 4.78 is 33.1. The van der Waals surface area contributed by atoms with Crippen LogP contribution in [0.3, 0.4) is 0 Å². The highest BCUT2D eigenvalue weighted by molar-refractivity contribution is 7.89. The first-order chi connectivity index (χ1) is 10.9. The molecule has 0 aliphatic rings. The number of rotatable bonds is 7. The van der Waals surface area contributed by atoms with Gasteiger partial charge in [-0.1, -0.05) is 35.9 Å². The molecule has 1 N–H and O–H groups in total. The van der Waals surface area contributed by atoms with E-state index in [9.17, 15) is 8.42 Å². The Kier molecular flexibility index (Phi) is 5.80. The molecule has 0 fully saturated rings. The molecule has 0 aliphatic carbocycles. The Morgan fingerprint density at radius 2 is 1.61 bits per heavy atom. The van der Waals surface area contributed by atoms with Gasteiger partial charge in [0.2, 0.25) is 10.0 Å². The molecule has 0 unspecified atom stereocenters. The van der Waals surface area contributed by atoms with E-state index in [1.165, 1.54) is 0 Å². The second kappa shape index (κ2) is 7.62. The number of hydrogen-bond donors (Lipinski definition) is 1. The number of nitrogens with one attached hydrogen (secondary N) is 1. The van der Waals surface area contributed by atoms with Gasteiger partial charge >= 0.3 is 0 Å². The van der Waals surface area contributed by atoms with Crippen LogP contribution in [0, 0.1) is 20.8 Å². The molecular formula is C18H23NO3S. The van der Waals surface area contributed by atoms with Crippen LogP contribution >= 0.6 is 0 Å². The normalized spacial score (nSPS) is 11.4. The summed E-state index contributed by atoms with van der Waals surface area (Å²) in [4.78, 5) is 0.382. The van der Waals surface area contributed by atoms with Crippen LogP contribution in [-0.4, -0.2) is 21.6 Å². The van der Waals surface area contributed by atoms with Crippen molar-refractivity contribution >= 4 is 10.0 Å². The van der Waals surface area contributed by atoms with Gasteiger partial charge in [-0.2, -0.15) is 0 Å². The van der Waals surface area contributed by atoms with E-state index < -0.39 is 10.0 Å². The van der Waals surface area contributed by atoms with Crippen molar-refractivity contribution < 1.29 is 13.2 Å². The van der Waals surface area contributed by atoms with E-state index in [2.05, 4.69) is 4.72 Å². The summed E-state index contributed by atoms with van der Waals surface area (Å²) >= 11 is 0. The molecule has 0 saturated heterocycles. The van der Waals surface area contributed by atoms with Gasteiger partial charge in [-0.25, -0.2) is 13.1 Å². The number of aryl methyl sites for hydroxylation is 3. The first kappa shape index (κ1) is 17.5. The Morgan fingerprint density at radius 1 is 1.00 bits per heavy atom. The zero-order valence-electron chi connectivity index (χ0n) is 13.8. The summed E-state index contributed by atoms with van der Waals surface area (Å²) in [7, 11) is -3.49. The van der Waals surface area contributed by atoms with Crippen LogP contribution in [0.4, 0.5) is 0 Å². The van der Waals surface area contributed by atoms with E-state index >= 15 is 0 Å². The highest BCUT2D eigenvalue weighted by atomic mass is 32.2. The van der Waals surface area contributed by atoms with Crippen LogP contribution in [0.5, 0.6) is 5.75 Å². The predicted octanol–water partition coefficient (Wildman–Crippen LogP) is 3.36. The number of sulfonamides is 1. The molecule has 23 heavy (non-hydrogen) atoms. The number of hydrogen-bond acceptors (Lipinski definition) is 3. The van der Waals surface area contributed by atoms with Crippen LogP contribution in [0.15, 0.2) is 47.4 Å². The molecule has 124 valence electrons. The van der Waals surface area contributed by atoms with E-state index in [4.69, 9.17) is 4.74 Å². The lowest BCUT2D eigenvalue weighted by molar-refractivity contribution is 0.311. The van der Waals surface area contributed by atoms with Crippen LogP contribution < -0.4 is 9.46 Å². The molecule has 2 aromatic rings. The minimum atomic E-state index is -3.49. The van der Waals surface area contributed by atoms with Crippen molar-refractivity contribution in [1.82, 2.24) is 4.72 Å². The van der Waals surface area contributed by atoms with Crippen LogP contribution in [-0.2, 0) is 10.0 Å². The van der Waals surface area contributed by atoms with E-state index in [0.717, 1.165) is 22.4 Å². The lowest BCUT2D eigenvalue weighted by Crippen LogP contribution is -2.27. The summed E-state index contributed by atoms with van der Waals surface area (Å²) in [6.45, 7) is 6.44. The van der Waals surface area contributed by atoms with Gasteiger partial charge in [0.25, 0.3) is 0 Å². The molecule has 0 spiro atoms. The van der Waals surface area contributed by atoms with Gasteiger partial charge in [-0.15, -0.1) is 0 Å². The molecule has 0 amide bonds. The van der Waals surface area contributed by atoms with Crippen molar-refractivity contribution in [2.24, 2.45) is 0 Å². The number of para-hydroxylation sites is 1. The first-order valence-electron chi connectivity index (χ1n) is 7.65. The van der Waals surface area contributed by atoms with E-state index in [1.807, 2.05) is 63.2 Å². The fourth-order valence-electron chi connectivity index (χ4n) is 2.65. The Hall–Kier alpha value is -1.85. The Bertz CT molecular complexity index is 732. The van der Waals surface area contributed by atoms with Gasteiger partial charge in [0.15, 0.2) is 0 Å². The summed E-state index contributed by atoms with van der Waals surface area (Å²) in [5.74, 6) is 0.792. The second-order valence-corrected chi connectivity index (χ2v) is 7.34. The smallest absolute Gasteiger partial charge is 0.241 e. The molecule has 0 aliphatic heterocycles. The SMILES string of the molecule is Cc1cc(C)c(S(=O)(=O)NCCCOc2ccccc2)c(C)c1. The fraction of sp³-hybridized carbons (Fsp3) is 0.333. The Labute approximate surface area is 138 Å². The summed E-state index contributed by atoms with van der Waals surface area (Å²) in [5.41, 5.74) is 2.61. The quantitative estimate of drug-likeness (QED) is 0.791. The zero-order valence-corrected chi connectivity index (χ0v) is 14.6.